The SMILES string of the molecule is C#CCOCCC(=O)NCc1ccc(-c2ccccc2C#N)cc1. The summed E-state index contributed by atoms with van der Waals surface area (Å²) < 4.78 is 5.07. The van der Waals surface area contributed by atoms with Crippen molar-refractivity contribution in [3.05, 3.63) is 59.7 Å². The lowest BCUT2D eigenvalue weighted by Crippen LogP contribution is -2.23. The van der Waals surface area contributed by atoms with Gasteiger partial charge in [0.1, 0.15) is 6.61 Å². The average molecular weight is 318 g/mol. The molecule has 0 aliphatic rings. The first kappa shape index (κ1) is 17.3. The Hall–Kier alpha value is -3.08. The quantitative estimate of drug-likeness (QED) is 0.631. The van der Waals surface area contributed by atoms with Crippen LogP contribution in [0.1, 0.15) is 17.5 Å². The Morgan fingerprint density at radius 1 is 1.17 bits per heavy atom. The van der Waals surface area contributed by atoms with Gasteiger partial charge in [-0.3, -0.25) is 4.79 Å². The number of nitriles is 1. The monoisotopic (exact) mass is 318 g/mol. The fraction of sp³-hybridized carbons (Fsp3) is 0.200. The molecule has 24 heavy (non-hydrogen) atoms. The number of terminal acetylenes is 1. The summed E-state index contributed by atoms with van der Waals surface area (Å²) in [6.07, 6.45) is 5.35. The number of carbonyl (C=O) groups is 1. The highest BCUT2D eigenvalue weighted by molar-refractivity contribution is 5.76. The van der Waals surface area contributed by atoms with Gasteiger partial charge in [0.25, 0.3) is 0 Å². The first-order chi connectivity index (χ1) is 11.7. The molecule has 0 spiro atoms. The van der Waals surface area contributed by atoms with Gasteiger partial charge in [0, 0.05) is 6.54 Å². The van der Waals surface area contributed by atoms with Gasteiger partial charge >= 0.3 is 0 Å². The Balaban J connectivity index is 1.90. The van der Waals surface area contributed by atoms with Crippen LogP contribution in [0, 0.1) is 23.7 Å². The molecule has 0 aliphatic heterocycles. The summed E-state index contributed by atoms with van der Waals surface area (Å²) in [6.45, 7) is 0.993. The molecule has 4 nitrogen and oxygen atoms in total. The number of carbonyl (C=O) groups excluding carboxylic acids is 1. The van der Waals surface area contributed by atoms with E-state index in [-0.39, 0.29) is 18.9 Å². The second-order valence-corrected chi connectivity index (χ2v) is 5.14. The van der Waals surface area contributed by atoms with Crippen molar-refractivity contribution in [2.24, 2.45) is 0 Å². The van der Waals surface area contributed by atoms with Crippen molar-refractivity contribution in [2.45, 2.75) is 13.0 Å². The van der Waals surface area contributed by atoms with Crippen LogP contribution in [0.4, 0.5) is 0 Å². The summed E-state index contributed by atoms with van der Waals surface area (Å²) in [5.74, 6) is 2.27. The standard InChI is InChI=1S/C20H18N2O2/c1-2-12-24-13-11-20(23)22-15-16-7-9-17(10-8-16)19-6-4-3-5-18(19)14-21/h1,3-10H,11-13,15H2,(H,22,23). The Kier molecular flexibility index (Phi) is 6.58. The van der Waals surface area contributed by atoms with E-state index in [1.165, 1.54) is 0 Å². The Labute approximate surface area is 142 Å². The van der Waals surface area contributed by atoms with E-state index < -0.39 is 0 Å². The number of nitrogens with zero attached hydrogens (tertiary/aromatic N) is 1. The van der Waals surface area contributed by atoms with E-state index in [0.29, 0.717) is 18.7 Å². The van der Waals surface area contributed by atoms with Gasteiger partial charge < -0.3 is 10.1 Å². The van der Waals surface area contributed by atoms with Gasteiger partial charge in [-0.2, -0.15) is 5.26 Å². The number of amides is 1. The van der Waals surface area contributed by atoms with Gasteiger partial charge in [-0.25, -0.2) is 0 Å². The van der Waals surface area contributed by atoms with Crippen molar-refractivity contribution in [1.29, 1.82) is 5.26 Å². The number of hydrogen-bond donors (Lipinski definition) is 1. The minimum atomic E-state index is -0.0778. The molecular weight excluding hydrogens is 300 g/mol. The molecule has 0 saturated heterocycles. The zero-order valence-electron chi connectivity index (χ0n) is 13.3. The molecular formula is C20H18N2O2. The normalized spacial score (nSPS) is 9.75. The zero-order chi connectivity index (χ0) is 17.2. The summed E-state index contributed by atoms with van der Waals surface area (Å²) in [5, 5.41) is 12.0. The van der Waals surface area contributed by atoms with Crippen molar-refractivity contribution in [1.82, 2.24) is 5.32 Å². The third kappa shape index (κ3) is 4.98. The van der Waals surface area contributed by atoms with E-state index in [9.17, 15) is 4.79 Å². The predicted molar refractivity (Wildman–Crippen MR) is 92.7 cm³/mol. The van der Waals surface area contributed by atoms with E-state index in [0.717, 1.165) is 16.7 Å². The number of rotatable bonds is 7. The summed E-state index contributed by atoms with van der Waals surface area (Å²) >= 11 is 0. The molecule has 0 unspecified atom stereocenters. The molecule has 2 aromatic rings. The molecule has 0 saturated carbocycles. The number of benzene rings is 2. The molecule has 4 heteroatoms. The summed E-state index contributed by atoms with van der Waals surface area (Å²) in [6, 6.07) is 17.5. The molecule has 1 N–H and O–H groups in total. The molecule has 0 fully saturated rings. The summed E-state index contributed by atoms with van der Waals surface area (Å²) in [5.41, 5.74) is 3.52. The van der Waals surface area contributed by atoms with Crippen molar-refractivity contribution in [3.8, 4) is 29.5 Å². The fourth-order valence-corrected chi connectivity index (χ4v) is 2.22. The Morgan fingerprint density at radius 2 is 1.92 bits per heavy atom. The summed E-state index contributed by atoms with van der Waals surface area (Å²) in [7, 11) is 0. The molecule has 2 aromatic carbocycles. The van der Waals surface area contributed by atoms with Crippen molar-refractivity contribution < 1.29 is 9.53 Å². The van der Waals surface area contributed by atoms with Crippen LogP contribution < -0.4 is 5.32 Å². The molecule has 0 aromatic heterocycles. The summed E-state index contributed by atoms with van der Waals surface area (Å²) in [4.78, 5) is 11.7. The van der Waals surface area contributed by atoms with Crippen LogP contribution in [0.15, 0.2) is 48.5 Å². The van der Waals surface area contributed by atoms with Crippen molar-refractivity contribution in [3.63, 3.8) is 0 Å². The largest absolute Gasteiger partial charge is 0.368 e. The van der Waals surface area contributed by atoms with Gasteiger partial charge in [-0.05, 0) is 22.8 Å². The van der Waals surface area contributed by atoms with E-state index in [4.69, 9.17) is 16.4 Å². The van der Waals surface area contributed by atoms with Gasteiger partial charge in [-0.1, -0.05) is 48.4 Å². The average Bonchev–Trinajstić information content (AvgIpc) is 2.64. The van der Waals surface area contributed by atoms with Crippen LogP contribution in [-0.4, -0.2) is 19.1 Å². The van der Waals surface area contributed by atoms with Gasteiger partial charge in [-0.15, -0.1) is 6.42 Å². The first-order valence-electron chi connectivity index (χ1n) is 7.61. The third-order valence-corrected chi connectivity index (χ3v) is 3.46. The molecule has 0 atom stereocenters. The maximum Gasteiger partial charge on any atom is 0.222 e. The van der Waals surface area contributed by atoms with Gasteiger partial charge in [0.15, 0.2) is 0 Å². The van der Waals surface area contributed by atoms with Crippen molar-refractivity contribution >= 4 is 5.91 Å². The lowest BCUT2D eigenvalue weighted by atomic mass is 9.99. The molecule has 1 amide bonds. The number of hydrogen-bond acceptors (Lipinski definition) is 3. The van der Waals surface area contributed by atoms with Crippen LogP contribution in [0.5, 0.6) is 0 Å². The minimum Gasteiger partial charge on any atom is -0.368 e. The van der Waals surface area contributed by atoms with Crippen LogP contribution >= 0.6 is 0 Å². The minimum absolute atomic E-state index is 0.0778. The van der Waals surface area contributed by atoms with Crippen LogP contribution in [-0.2, 0) is 16.1 Å². The fourth-order valence-electron chi connectivity index (χ4n) is 2.22. The Bertz CT molecular complexity index is 767. The lowest BCUT2D eigenvalue weighted by Gasteiger charge is -2.08. The van der Waals surface area contributed by atoms with Crippen LogP contribution in [0.25, 0.3) is 11.1 Å². The molecule has 2 rings (SSSR count). The second kappa shape index (κ2) is 9.15. The first-order valence-corrected chi connectivity index (χ1v) is 7.61. The van der Waals surface area contributed by atoms with E-state index in [1.54, 1.807) is 6.07 Å². The molecule has 0 heterocycles. The molecule has 0 aliphatic carbocycles. The molecule has 120 valence electrons. The lowest BCUT2D eigenvalue weighted by molar-refractivity contribution is -0.122. The predicted octanol–water partition coefficient (Wildman–Crippen LogP) is 2.88. The van der Waals surface area contributed by atoms with Crippen LogP contribution in [0.3, 0.4) is 0 Å². The van der Waals surface area contributed by atoms with Crippen LogP contribution in [0.2, 0.25) is 0 Å². The highest BCUT2D eigenvalue weighted by atomic mass is 16.5. The highest BCUT2D eigenvalue weighted by Gasteiger charge is 2.05. The number of ether oxygens (including phenoxy) is 1. The maximum absolute atomic E-state index is 11.7. The smallest absolute Gasteiger partial charge is 0.222 e. The molecule has 0 radical (unpaired) electrons. The molecule has 0 bridgehead atoms. The Morgan fingerprint density at radius 3 is 2.62 bits per heavy atom. The van der Waals surface area contributed by atoms with E-state index in [1.807, 2.05) is 42.5 Å². The van der Waals surface area contributed by atoms with E-state index >= 15 is 0 Å². The second-order valence-electron chi connectivity index (χ2n) is 5.14. The zero-order valence-corrected chi connectivity index (χ0v) is 13.3. The van der Waals surface area contributed by atoms with Crippen molar-refractivity contribution in [2.75, 3.05) is 13.2 Å². The highest BCUT2D eigenvalue weighted by Crippen LogP contribution is 2.23. The number of nitrogens with one attached hydrogen (secondary N) is 1. The van der Waals surface area contributed by atoms with Gasteiger partial charge in [0.2, 0.25) is 5.91 Å². The van der Waals surface area contributed by atoms with Gasteiger partial charge in [0.05, 0.1) is 24.7 Å². The topological polar surface area (TPSA) is 62.1 Å². The van der Waals surface area contributed by atoms with E-state index in [2.05, 4.69) is 17.3 Å². The maximum atomic E-state index is 11.7. The third-order valence-electron chi connectivity index (χ3n) is 3.46.